The van der Waals surface area contributed by atoms with Gasteiger partial charge in [-0.3, -0.25) is 9.59 Å². The molecule has 0 aromatic heterocycles. The van der Waals surface area contributed by atoms with Gasteiger partial charge in [0.15, 0.2) is 0 Å². The summed E-state index contributed by atoms with van der Waals surface area (Å²) in [5, 5.41) is 23.2. The summed E-state index contributed by atoms with van der Waals surface area (Å²) in [7, 11) is 0. The smallest absolute Gasteiger partial charge is 0.305 e. The lowest BCUT2D eigenvalue weighted by atomic mass is 10.0. The largest absolute Gasteiger partial charge is 0.466 e. The summed E-state index contributed by atoms with van der Waals surface area (Å²) in [4.78, 5) is 24.5. The van der Waals surface area contributed by atoms with Crippen molar-refractivity contribution in [1.82, 2.24) is 5.32 Å². The Balaban J connectivity index is 3.48. The number of ether oxygens (including phenoxy) is 1. The third-order valence-electron chi connectivity index (χ3n) is 14.4. The summed E-state index contributed by atoms with van der Waals surface area (Å²) in [6, 6.07) is -0.636. The number of hydrogen-bond acceptors (Lipinski definition) is 5. The predicted octanol–water partition coefficient (Wildman–Crippen LogP) is 19.6. The quantitative estimate of drug-likeness (QED) is 0.0321. The molecule has 0 saturated carbocycles. The molecule has 0 rings (SSSR count). The molecule has 0 aliphatic heterocycles. The predicted molar refractivity (Wildman–Crippen MR) is 306 cm³/mol. The first kappa shape index (κ1) is 68.1. The normalized spacial score (nSPS) is 12.8. The van der Waals surface area contributed by atoms with Crippen molar-refractivity contribution in [3.63, 3.8) is 0 Å². The molecule has 2 atom stereocenters. The van der Waals surface area contributed by atoms with E-state index in [4.69, 9.17) is 4.74 Å². The molecule has 0 fully saturated rings. The second-order valence-corrected chi connectivity index (χ2v) is 21.4. The first-order chi connectivity index (χ1) is 34.5. The third kappa shape index (κ3) is 55.4. The molecular formula is C64H121NO5. The van der Waals surface area contributed by atoms with Crippen LogP contribution >= 0.6 is 0 Å². The van der Waals surface area contributed by atoms with Gasteiger partial charge in [-0.25, -0.2) is 0 Å². The number of allylic oxidation sites excluding steroid dienone is 5. The molecule has 2 unspecified atom stereocenters. The first-order valence-corrected chi connectivity index (χ1v) is 31.3. The van der Waals surface area contributed by atoms with Gasteiger partial charge in [0.05, 0.1) is 25.4 Å². The maximum atomic E-state index is 12.5. The van der Waals surface area contributed by atoms with Crippen LogP contribution in [0.1, 0.15) is 335 Å². The van der Waals surface area contributed by atoms with E-state index in [0.29, 0.717) is 19.4 Å². The van der Waals surface area contributed by atoms with Crippen molar-refractivity contribution >= 4 is 11.9 Å². The van der Waals surface area contributed by atoms with Gasteiger partial charge in [0, 0.05) is 12.8 Å². The fourth-order valence-corrected chi connectivity index (χ4v) is 9.57. The summed E-state index contributed by atoms with van der Waals surface area (Å²) < 4.78 is 5.47. The van der Waals surface area contributed by atoms with Crippen LogP contribution in [-0.2, 0) is 14.3 Å². The molecule has 0 saturated heterocycles. The van der Waals surface area contributed by atoms with E-state index in [2.05, 4.69) is 43.5 Å². The van der Waals surface area contributed by atoms with Crippen molar-refractivity contribution in [3.05, 3.63) is 36.5 Å². The Bertz CT molecular complexity index is 1130. The van der Waals surface area contributed by atoms with Crippen LogP contribution in [0.15, 0.2) is 36.5 Å². The Labute approximate surface area is 436 Å². The highest BCUT2D eigenvalue weighted by Gasteiger charge is 2.18. The number of esters is 1. The lowest BCUT2D eigenvalue weighted by Gasteiger charge is -2.20. The van der Waals surface area contributed by atoms with Gasteiger partial charge >= 0.3 is 5.97 Å². The SMILES string of the molecule is CCCCCCC/C=C\CCCCCCCC(=O)OCCCCCCCCCC/C=C\CCCCCCCCCC(=O)NC(CO)C(O)/C=C/CCCCCCCCCCCCCCCCCCCC. The molecule has 0 aromatic carbocycles. The van der Waals surface area contributed by atoms with Gasteiger partial charge in [-0.15, -0.1) is 0 Å². The number of carbonyl (C=O) groups excluding carboxylic acids is 2. The van der Waals surface area contributed by atoms with Gasteiger partial charge in [-0.05, 0) is 83.5 Å². The second-order valence-electron chi connectivity index (χ2n) is 21.4. The van der Waals surface area contributed by atoms with Crippen LogP contribution in [-0.4, -0.2) is 47.4 Å². The van der Waals surface area contributed by atoms with Gasteiger partial charge in [0.2, 0.25) is 5.91 Å². The summed E-state index contributed by atoms with van der Waals surface area (Å²) >= 11 is 0. The lowest BCUT2D eigenvalue weighted by Crippen LogP contribution is -2.45. The molecule has 0 bridgehead atoms. The van der Waals surface area contributed by atoms with Crippen molar-refractivity contribution in [1.29, 1.82) is 0 Å². The number of rotatable bonds is 58. The van der Waals surface area contributed by atoms with E-state index in [0.717, 1.165) is 51.4 Å². The monoisotopic (exact) mass is 984 g/mol. The fourth-order valence-electron chi connectivity index (χ4n) is 9.57. The maximum absolute atomic E-state index is 12.5. The molecular weight excluding hydrogens is 863 g/mol. The van der Waals surface area contributed by atoms with Gasteiger partial charge < -0.3 is 20.3 Å². The Morgan fingerprint density at radius 1 is 0.386 bits per heavy atom. The minimum Gasteiger partial charge on any atom is -0.466 e. The van der Waals surface area contributed by atoms with Crippen LogP contribution in [0.25, 0.3) is 0 Å². The number of unbranched alkanes of at least 4 members (excludes halogenated alkanes) is 43. The summed E-state index contributed by atoms with van der Waals surface area (Å²) in [6.07, 6.45) is 74.6. The van der Waals surface area contributed by atoms with Crippen molar-refractivity contribution in [2.45, 2.75) is 347 Å². The van der Waals surface area contributed by atoms with Gasteiger partial charge in [-0.1, -0.05) is 275 Å². The number of aliphatic hydroxyl groups is 2. The molecule has 70 heavy (non-hydrogen) atoms. The average molecular weight is 985 g/mol. The van der Waals surface area contributed by atoms with Crippen LogP contribution in [0.4, 0.5) is 0 Å². The lowest BCUT2D eigenvalue weighted by molar-refractivity contribution is -0.143. The van der Waals surface area contributed by atoms with Gasteiger partial charge in [-0.2, -0.15) is 0 Å². The van der Waals surface area contributed by atoms with E-state index >= 15 is 0 Å². The second kappa shape index (κ2) is 59.6. The topological polar surface area (TPSA) is 95.9 Å². The number of nitrogens with one attached hydrogen (secondary N) is 1. The van der Waals surface area contributed by atoms with Crippen molar-refractivity contribution in [2.24, 2.45) is 0 Å². The van der Waals surface area contributed by atoms with E-state index in [9.17, 15) is 19.8 Å². The molecule has 412 valence electrons. The summed E-state index contributed by atoms with van der Waals surface area (Å²) in [5.41, 5.74) is 0. The zero-order valence-corrected chi connectivity index (χ0v) is 47.0. The van der Waals surface area contributed by atoms with Gasteiger partial charge in [0.1, 0.15) is 0 Å². The summed E-state index contributed by atoms with van der Waals surface area (Å²) in [6.45, 7) is 4.90. The van der Waals surface area contributed by atoms with Crippen LogP contribution < -0.4 is 5.32 Å². The highest BCUT2D eigenvalue weighted by molar-refractivity contribution is 5.76. The number of aliphatic hydroxyl groups excluding tert-OH is 2. The molecule has 0 aliphatic rings. The molecule has 0 radical (unpaired) electrons. The molecule has 6 nitrogen and oxygen atoms in total. The Kier molecular flexibility index (Phi) is 58.0. The zero-order valence-electron chi connectivity index (χ0n) is 47.0. The molecule has 3 N–H and O–H groups in total. The highest BCUT2D eigenvalue weighted by Crippen LogP contribution is 2.17. The standard InChI is InChI=1S/C64H121NO5/c1-3-5-7-9-11-13-15-17-19-20-21-23-26-29-32-36-40-44-48-52-56-62(67)61(60-66)65-63(68)57-53-49-45-41-37-33-30-27-24-22-25-28-31-35-39-43-47-51-55-59-70-64(69)58-54-50-46-42-38-34-18-16-14-12-10-8-6-4-2/h16,18,22,24,52,56,61-62,66-67H,3-15,17,19-21,23,25-51,53-55,57-60H2,1-2H3,(H,65,68)/b18-16-,24-22-,56-52+. The fraction of sp³-hybridized carbons (Fsp3) is 0.875. The average Bonchev–Trinajstić information content (AvgIpc) is 3.36. The van der Waals surface area contributed by atoms with Crippen LogP contribution in [0.3, 0.4) is 0 Å². The Hall–Kier alpha value is -1.92. The van der Waals surface area contributed by atoms with Crippen LogP contribution in [0.2, 0.25) is 0 Å². The minimum absolute atomic E-state index is 0.00520. The molecule has 0 aliphatic carbocycles. The van der Waals surface area contributed by atoms with Crippen LogP contribution in [0.5, 0.6) is 0 Å². The molecule has 1 amide bonds. The van der Waals surface area contributed by atoms with Crippen molar-refractivity contribution in [2.75, 3.05) is 13.2 Å². The van der Waals surface area contributed by atoms with E-state index < -0.39 is 12.1 Å². The van der Waals surface area contributed by atoms with E-state index in [1.807, 2.05) is 6.08 Å². The molecule has 6 heteroatoms. The molecule has 0 aromatic rings. The number of hydrogen-bond donors (Lipinski definition) is 3. The van der Waals surface area contributed by atoms with E-state index in [1.54, 1.807) is 6.08 Å². The van der Waals surface area contributed by atoms with E-state index in [1.165, 1.54) is 257 Å². The highest BCUT2D eigenvalue weighted by atomic mass is 16.5. The molecule has 0 spiro atoms. The van der Waals surface area contributed by atoms with Gasteiger partial charge in [0.25, 0.3) is 0 Å². The van der Waals surface area contributed by atoms with Crippen LogP contribution in [0, 0.1) is 0 Å². The first-order valence-electron chi connectivity index (χ1n) is 31.3. The maximum Gasteiger partial charge on any atom is 0.305 e. The molecule has 0 heterocycles. The zero-order chi connectivity index (χ0) is 50.7. The van der Waals surface area contributed by atoms with Crippen molar-refractivity contribution in [3.8, 4) is 0 Å². The number of amides is 1. The van der Waals surface area contributed by atoms with Crippen molar-refractivity contribution < 1.29 is 24.5 Å². The Morgan fingerprint density at radius 2 is 0.671 bits per heavy atom. The van der Waals surface area contributed by atoms with E-state index in [-0.39, 0.29) is 18.5 Å². The number of carbonyl (C=O) groups is 2. The Morgan fingerprint density at radius 3 is 1.01 bits per heavy atom. The minimum atomic E-state index is -0.852. The third-order valence-corrected chi connectivity index (χ3v) is 14.4. The summed E-state index contributed by atoms with van der Waals surface area (Å²) in [5.74, 6) is -0.0807.